The molecular weight excluding hydrogens is 347 g/mol. The van der Waals surface area contributed by atoms with Crippen LogP contribution in [-0.4, -0.2) is 0 Å². The van der Waals surface area contributed by atoms with Gasteiger partial charge in [-0.2, -0.15) is 0 Å². The van der Waals surface area contributed by atoms with Gasteiger partial charge >= 0.3 is 0 Å². The van der Waals surface area contributed by atoms with Crippen molar-refractivity contribution in [3.8, 4) is 23.0 Å². The van der Waals surface area contributed by atoms with Crippen LogP contribution in [0, 0.1) is 0 Å². The predicted octanol–water partition coefficient (Wildman–Crippen LogP) is 5.35. The Morgan fingerprint density at radius 3 is 1.54 bits per heavy atom. The fourth-order valence-corrected chi connectivity index (χ4v) is 3.25. The van der Waals surface area contributed by atoms with Crippen LogP contribution in [0.3, 0.4) is 0 Å². The lowest BCUT2D eigenvalue weighted by Crippen LogP contribution is -2.22. The molecular formula is C18H10Cl2N2O2. The fraction of sp³-hybridized carbons (Fsp3) is 0. The van der Waals surface area contributed by atoms with Crippen molar-refractivity contribution in [1.82, 2.24) is 0 Å². The lowest BCUT2D eigenvalue weighted by molar-refractivity contribution is 0.451. The zero-order valence-electron chi connectivity index (χ0n) is 12.1. The van der Waals surface area contributed by atoms with E-state index in [1.165, 1.54) is 0 Å². The van der Waals surface area contributed by atoms with Gasteiger partial charge in [-0.25, -0.2) is 9.98 Å². The Bertz CT molecular complexity index is 1060. The van der Waals surface area contributed by atoms with E-state index in [0.717, 1.165) is 0 Å². The Labute approximate surface area is 148 Å². The highest BCUT2D eigenvalue weighted by Gasteiger charge is 2.26. The maximum atomic E-state index is 6.53. The van der Waals surface area contributed by atoms with Gasteiger partial charge in [0.15, 0.2) is 23.0 Å². The van der Waals surface area contributed by atoms with Crippen molar-refractivity contribution in [2.24, 2.45) is 9.98 Å². The summed E-state index contributed by atoms with van der Waals surface area (Å²) in [6.45, 7) is 0. The molecule has 2 heterocycles. The molecule has 0 saturated heterocycles. The van der Waals surface area contributed by atoms with Crippen molar-refractivity contribution >= 4 is 34.6 Å². The first-order valence-corrected chi connectivity index (χ1v) is 8.00. The topological polar surface area (TPSA) is 43.2 Å². The first-order valence-electron chi connectivity index (χ1n) is 7.24. The van der Waals surface area contributed by atoms with Crippen LogP contribution in [-0.2, 0) is 0 Å². The molecule has 4 nitrogen and oxygen atoms in total. The lowest BCUT2D eigenvalue weighted by Gasteiger charge is -2.20. The minimum absolute atomic E-state index is 0. The van der Waals surface area contributed by atoms with Crippen LogP contribution in [0.1, 0.15) is 1.43 Å². The minimum atomic E-state index is 0. The molecule has 6 heteroatoms. The number of hydrogen-bond acceptors (Lipinski definition) is 4. The number of nitrogens with zero attached hydrogens (tertiary/aromatic N) is 2. The summed E-state index contributed by atoms with van der Waals surface area (Å²) in [5.41, 5.74) is 1.38. The third kappa shape index (κ3) is 1.87. The van der Waals surface area contributed by atoms with Gasteiger partial charge in [0.2, 0.25) is 0 Å². The molecule has 3 aromatic carbocycles. The molecule has 0 saturated carbocycles. The highest BCUT2D eigenvalue weighted by molar-refractivity contribution is 6.35. The number of rotatable bonds is 0. The van der Waals surface area contributed by atoms with E-state index in [1.807, 2.05) is 48.5 Å². The molecule has 3 aromatic rings. The van der Waals surface area contributed by atoms with E-state index in [4.69, 9.17) is 32.7 Å². The summed E-state index contributed by atoms with van der Waals surface area (Å²) in [5, 5.41) is 1.57. The second-order valence-electron chi connectivity index (χ2n) is 5.35. The van der Waals surface area contributed by atoms with Crippen molar-refractivity contribution in [2.75, 3.05) is 0 Å². The Morgan fingerprint density at radius 1 is 0.667 bits per heavy atom. The lowest BCUT2D eigenvalue weighted by atomic mass is 10.2. The van der Waals surface area contributed by atoms with Gasteiger partial charge in [0, 0.05) is 1.43 Å². The van der Waals surface area contributed by atoms with Gasteiger partial charge in [-0.05, 0) is 24.3 Å². The summed E-state index contributed by atoms with van der Waals surface area (Å²) in [7, 11) is 0. The van der Waals surface area contributed by atoms with E-state index >= 15 is 0 Å². The molecule has 24 heavy (non-hydrogen) atoms. The van der Waals surface area contributed by atoms with E-state index < -0.39 is 0 Å². The maximum Gasteiger partial charge on any atom is 0.175 e. The van der Waals surface area contributed by atoms with Crippen LogP contribution in [0.25, 0.3) is 0 Å². The third-order valence-electron chi connectivity index (χ3n) is 3.86. The second-order valence-corrected chi connectivity index (χ2v) is 6.10. The summed E-state index contributed by atoms with van der Waals surface area (Å²) in [4.78, 5) is 9.14. The SMILES string of the molecule is Clc1c2c(c(Cl)c3c1=Nc1ccccc1O3)=Nc1ccccc1O2.[2HH]. The number of halogens is 2. The molecule has 0 N–H and O–H groups in total. The standard InChI is InChI=1S/C18H8Cl2N2O2.H2/c19-13-15-17(23-11-7-3-1-5-9(11)21-15)14(20)16-18(13)24-12-8-4-2-6-10(12)22-16;/h1-8H;1H/i;1+1. The van der Waals surface area contributed by atoms with Crippen LogP contribution < -0.4 is 20.2 Å². The zero-order valence-corrected chi connectivity index (χ0v) is 13.6. The average molecular weight is 358 g/mol. The third-order valence-corrected chi connectivity index (χ3v) is 4.57. The van der Waals surface area contributed by atoms with Crippen LogP contribution in [0.5, 0.6) is 23.0 Å². The molecule has 2 aliphatic rings. The highest BCUT2D eigenvalue weighted by atomic mass is 35.5. The molecule has 0 bridgehead atoms. The van der Waals surface area contributed by atoms with Crippen LogP contribution in [0.2, 0.25) is 10.0 Å². The van der Waals surface area contributed by atoms with E-state index in [9.17, 15) is 0 Å². The molecule has 0 aromatic heterocycles. The van der Waals surface area contributed by atoms with Gasteiger partial charge in [-0.15, -0.1) is 0 Å². The Balaban J connectivity index is 0.00000157. The number of benzene rings is 3. The van der Waals surface area contributed by atoms with Crippen LogP contribution in [0.4, 0.5) is 11.4 Å². The average Bonchev–Trinajstić information content (AvgIpc) is 2.64. The minimum Gasteiger partial charge on any atom is -0.451 e. The summed E-state index contributed by atoms with van der Waals surface area (Å²) in [5.74, 6) is 2.04. The number of fused-ring (bicyclic) bond motifs is 4. The van der Waals surface area contributed by atoms with E-state index in [1.54, 1.807) is 0 Å². The zero-order chi connectivity index (χ0) is 16.3. The highest BCUT2D eigenvalue weighted by Crippen LogP contribution is 2.41. The molecule has 0 radical (unpaired) electrons. The van der Waals surface area contributed by atoms with Crippen molar-refractivity contribution in [2.45, 2.75) is 0 Å². The second kappa shape index (κ2) is 4.97. The molecule has 0 atom stereocenters. The first kappa shape index (κ1) is 13.8. The monoisotopic (exact) mass is 357 g/mol. The molecule has 118 valence electrons. The van der Waals surface area contributed by atoms with Gasteiger partial charge in [0.25, 0.3) is 0 Å². The van der Waals surface area contributed by atoms with Crippen LogP contribution in [0.15, 0.2) is 58.5 Å². The normalized spacial score (nSPS) is 13.1. The Morgan fingerprint density at radius 2 is 1.08 bits per heavy atom. The summed E-state index contributed by atoms with van der Waals surface area (Å²) in [6.07, 6.45) is 0. The van der Waals surface area contributed by atoms with Crippen LogP contribution >= 0.6 is 23.2 Å². The molecule has 0 aliphatic carbocycles. The Kier molecular flexibility index (Phi) is 2.86. The predicted molar refractivity (Wildman–Crippen MR) is 93.2 cm³/mol. The number of para-hydroxylation sites is 4. The van der Waals surface area contributed by atoms with E-state index in [0.29, 0.717) is 55.1 Å². The molecule has 0 spiro atoms. The molecule has 5 rings (SSSR count). The van der Waals surface area contributed by atoms with Gasteiger partial charge in [0.1, 0.15) is 32.1 Å². The van der Waals surface area contributed by atoms with Gasteiger partial charge < -0.3 is 9.47 Å². The Hall–Kier alpha value is -2.56. The first-order chi connectivity index (χ1) is 11.7. The van der Waals surface area contributed by atoms with Crippen molar-refractivity contribution in [1.29, 1.82) is 0 Å². The van der Waals surface area contributed by atoms with Gasteiger partial charge in [-0.3, -0.25) is 0 Å². The van der Waals surface area contributed by atoms with Crippen molar-refractivity contribution in [3.63, 3.8) is 0 Å². The summed E-state index contributed by atoms with van der Waals surface area (Å²) in [6, 6.07) is 14.9. The quantitative estimate of drug-likeness (QED) is 0.374. The maximum absolute atomic E-state index is 6.53. The fourth-order valence-electron chi connectivity index (χ4n) is 2.74. The molecule has 2 aliphatic heterocycles. The van der Waals surface area contributed by atoms with E-state index in [2.05, 4.69) is 9.98 Å². The summed E-state index contributed by atoms with van der Waals surface area (Å²) < 4.78 is 11.8. The smallest absolute Gasteiger partial charge is 0.175 e. The van der Waals surface area contributed by atoms with Gasteiger partial charge in [0.05, 0.1) is 0 Å². The van der Waals surface area contributed by atoms with Gasteiger partial charge in [-0.1, -0.05) is 47.5 Å². The van der Waals surface area contributed by atoms with Crippen molar-refractivity contribution < 1.29 is 10.9 Å². The van der Waals surface area contributed by atoms with E-state index in [-0.39, 0.29) is 1.43 Å². The summed E-state index contributed by atoms with van der Waals surface area (Å²) >= 11 is 13.1. The molecule has 0 unspecified atom stereocenters. The number of ether oxygens (including phenoxy) is 2. The largest absolute Gasteiger partial charge is 0.451 e. The molecule has 0 amide bonds. The number of hydrogen-bond donors (Lipinski definition) is 0. The molecule has 0 fully saturated rings. The van der Waals surface area contributed by atoms with Crippen molar-refractivity contribution in [3.05, 3.63) is 69.3 Å².